The van der Waals surface area contributed by atoms with Crippen molar-refractivity contribution in [1.82, 2.24) is 15.0 Å². The van der Waals surface area contributed by atoms with E-state index in [1.54, 1.807) is 6.92 Å². The lowest BCUT2D eigenvalue weighted by molar-refractivity contribution is 0.188. The fourth-order valence-corrected chi connectivity index (χ4v) is 1.09. The van der Waals surface area contributed by atoms with E-state index in [1.807, 2.05) is 6.92 Å². The van der Waals surface area contributed by atoms with Crippen molar-refractivity contribution in [1.29, 1.82) is 0 Å². The Hall–Kier alpha value is -1.67. The van der Waals surface area contributed by atoms with Gasteiger partial charge >= 0.3 is 6.01 Å². The maximum Gasteiger partial charge on any atom is 0.323 e. The molecule has 0 amide bonds. The Balaban J connectivity index is 2.66. The lowest BCUT2D eigenvalue weighted by Gasteiger charge is -2.09. The first-order valence-corrected chi connectivity index (χ1v) is 5.43. The van der Waals surface area contributed by atoms with Crippen LogP contribution < -0.4 is 21.3 Å². The van der Waals surface area contributed by atoms with Gasteiger partial charge < -0.3 is 15.2 Å². The van der Waals surface area contributed by atoms with Crippen LogP contribution in [0.1, 0.15) is 20.3 Å². The van der Waals surface area contributed by atoms with Crippen LogP contribution >= 0.6 is 0 Å². The van der Waals surface area contributed by atoms with Gasteiger partial charge in [-0.05, 0) is 20.3 Å². The first-order valence-electron chi connectivity index (χ1n) is 5.43. The third-order valence-electron chi connectivity index (χ3n) is 1.86. The number of aromatic nitrogens is 3. The van der Waals surface area contributed by atoms with Crippen molar-refractivity contribution in [2.45, 2.75) is 26.4 Å². The van der Waals surface area contributed by atoms with Gasteiger partial charge in [0.05, 0.1) is 12.7 Å². The van der Waals surface area contributed by atoms with Crippen LogP contribution in [-0.2, 0) is 0 Å². The standard InChI is InChI=1S/C9H18N6O2/c1-3-17-9-13-7(11-5-4-6(2)16)12-8(14-9)15-10/h6,16H,3-5,10H2,1-2H3,(H2,11,12,13,14,15). The lowest BCUT2D eigenvalue weighted by atomic mass is 10.3. The molecule has 5 N–H and O–H groups in total. The second-order valence-electron chi connectivity index (χ2n) is 3.41. The molecule has 0 aromatic carbocycles. The van der Waals surface area contributed by atoms with Gasteiger partial charge in [0.1, 0.15) is 0 Å². The van der Waals surface area contributed by atoms with Crippen LogP contribution in [0.3, 0.4) is 0 Å². The molecule has 8 nitrogen and oxygen atoms in total. The number of nitrogens with one attached hydrogen (secondary N) is 2. The molecular formula is C9H18N6O2. The summed E-state index contributed by atoms with van der Waals surface area (Å²) in [6.07, 6.45) is 0.226. The van der Waals surface area contributed by atoms with Crippen LogP contribution in [0.4, 0.5) is 11.9 Å². The molecule has 1 aromatic rings. The summed E-state index contributed by atoms with van der Waals surface area (Å²) in [6, 6.07) is 0.204. The number of nitrogens with two attached hydrogens (primary N) is 1. The Bertz CT molecular complexity index is 346. The topological polar surface area (TPSA) is 118 Å². The van der Waals surface area contributed by atoms with E-state index in [0.29, 0.717) is 25.5 Å². The molecule has 0 aliphatic carbocycles. The summed E-state index contributed by atoms with van der Waals surface area (Å²) in [5, 5.41) is 12.1. The number of hydrazine groups is 1. The Kier molecular flexibility index (Phi) is 5.37. The summed E-state index contributed by atoms with van der Waals surface area (Å²) in [4.78, 5) is 11.9. The van der Waals surface area contributed by atoms with E-state index in [9.17, 15) is 0 Å². The summed E-state index contributed by atoms with van der Waals surface area (Å²) in [5.41, 5.74) is 2.33. The first kappa shape index (κ1) is 13.4. The largest absolute Gasteiger partial charge is 0.464 e. The molecular weight excluding hydrogens is 224 g/mol. The molecule has 0 bridgehead atoms. The molecule has 0 saturated heterocycles. The smallest absolute Gasteiger partial charge is 0.323 e. The summed E-state index contributed by atoms with van der Waals surface area (Å²) in [5.74, 6) is 5.82. The van der Waals surface area contributed by atoms with Gasteiger partial charge in [-0.25, -0.2) is 5.84 Å². The van der Waals surface area contributed by atoms with Gasteiger partial charge in [-0.15, -0.1) is 0 Å². The van der Waals surface area contributed by atoms with Crippen molar-refractivity contribution in [2.75, 3.05) is 23.9 Å². The highest BCUT2D eigenvalue weighted by atomic mass is 16.5. The Morgan fingerprint density at radius 3 is 2.65 bits per heavy atom. The van der Waals surface area contributed by atoms with Gasteiger partial charge in [-0.2, -0.15) is 15.0 Å². The highest BCUT2D eigenvalue weighted by Gasteiger charge is 2.06. The van der Waals surface area contributed by atoms with E-state index in [0.717, 1.165) is 0 Å². The number of anilines is 2. The maximum atomic E-state index is 9.12. The van der Waals surface area contributed by atoms with Crippen LogP contribution in [0.15, 0.2) is 0 Å². The molecule has 0 radical (unpaired) electrons. The zero-order valence-corrected chi connectivity index (χ0v) is 9.97. The van der Waals surface area contributed by atoms with Crippen molar-refractivity contribution in [3.63, 3.8) is 0 Å². The van der Waals surface area contributed by atoms with Gasteiger partial charge in [0.15, 0.2) is 0 Å². The molecule has 0 fully saturated rings. The average Bonchev–Trinajstić information content (AvgIpc) is 2.28. The minimum Gasteiger partial charge on any atom is -0.464 e. The number of hydrogen-bond acceptors (Lipinski definition) is 8. The molecule has 0 aliphatic rings. The predicted molar refractivity (Wildman–Crippen MR) is 63.6 cm³/mol. The normalized spacial score (nSPS) is 12.0. The van der Waals surface area contributed by atoms with E-state index >= 15 is 0 Å². The summed E-state index contributed by atoms with van der Waals surface area (Å²) < 4.78 is 5.17. The lowest BCUT2D eigenvalue weighted by Crippen LogP contribution is -2.16. The number of hydrogen-bond donors (Lipinski definition) is 4. The second kappa shape index (κ2) is 6.81. The number of aliphatic hydroxyl groups is 1. The highest BCUT2D eigenvalue weighted by Crippen LogP contribution is 2.10. The number of nitrogen functional groups attached to an aromatic ring is 1. The first-order chi connectivity index (χ1) is 8.15. The second-order valence-corrected chi connectivity index (χ2v) is 3.41. The zero-order chi connectivity index (χ0) is 12.7. The van der Waals surface area contributed by atoms with E-state index in [2.05, 4.69) is 25.7 Å². The minimum absolute atomic E-state index is 0.204. The SMILES string of the molecule is CCOc1nc(NN)nc(NCCC(C)O)n1. The summed E-state index contributed by atoms with van der Waals surface area (Å²) >= 11 is 0. The fraction of sp³-hybridized carbons (Fsp3) is 0.667. The molecule has 96 valence electrons. The van der Waals surface area contributed by atoms with Gasteiger partial charge in [-0.3, -0.25) is 5.43 Å². The van der Waals surface area contributed by atoms with Crippen molar-refractivity contribution in [2.24, 2.45) is 5.84 Å². The van der Waals surface area contributed by atoms with Crippen LogP contribution in [-0.4, -0.2) is 39.3 Å². The fourth-order valence-electron chi connectivity index (χ4n) is 1.09. The van der Waals surface area contributed by atoms with Crippen LogP contribution in [0.25, 0.3) is 0 Å². The monoisotopic (exact) mass is 242 g/mol. The number of ether oxygens (including phenoxy) is 1. The van der Waals surface area contributed by atoms with Crippen molar-refractivity contribution in [3.8, 4) is 6.01 Å². The van der Waals surface area contributed by atoms with Crippen LogP contribution in [0.5, 0.6) is 6.01 Å². The molecule has 0 aliphatic heterocycles. The van der Waals surface area contributed by atoms with Crippen LogP contribution in [0, 0.1) is 0 Å². The Morgan fingerprint density at radius 2 is 2.06 bits per heavy atom. The highest BCUT2D eigenvalue weighted by molar-refractivity contribution is 5.34. The van der Waals surface area contributed by atoms with Gasteiger partial charge in [0, 0.05) is 6.54 Å². The third kappa shape index (κ3) is 4.79. The van der Waals surface area contributed by atoms with E-state index in [1.165, 1.54) is 0 Å². The molecule has 1 unspecified atom stereocenters. The van der Waals surface area contributed by atoms with Gasteiger partial charge in [-0.1, -0.05) is 0 Å². The minimum atomic E-state index is -0.372. The Labute approximate surface area is 99.6 Å². The molecule has 1 rings (SSSR count). The van der Waals surface area contributed by atoms with Crippen LogP contribution in [0.2, 0.25) is 0 Å². The molecule has 8 heteroatoms. The van der Waals surface area contributed by atoms with Crippen molar-refractivity contribution >= 4 is 11.9 Å². The van der Waals surface area contributed by atoms with E-state index in [4.69, 9.17) is 15.7 Å². The number of rotatable bonds is 7. The van der Waals surface area contributed by atoms with Crippen molar-refractivity contribution < 1.29 is 9.84 Å². The number of nitrogens with zero attached hydrogens (tertiary/aromatic N) is 3. The molecule has 0 saturated carbocycles. The Morgan fingerprint density at radius 1 is 1.35 bits per heavy atom. The van der Waals surface area contributed by atoms with Gasteiger partial charge in [0.25, 0.3) is 0 Å². The van der Waals surface area contributed by atoms with E-state index < -0.39 is 0 Å². The maximum absolute atomic E-state index is 9.12. The third-order valence-corrected chi connectivity index (χ3v) is 1.86. The quantitative estimate of drug-likeness (QED) is 0.381. The van der Waals surface area contributed by atoms with Gasteiger partial charge in [0.2, 0.25) is 11.9 Å². The molecule has 0 spiro atoms. The molecule has 17 heavy (non-hydrogen) atoms. The molecule has 1 atom stereocenters. The predicted octanol–water partition coefficient (Wildman–Crippen LogP) is -0.261. The summed E-state index contributed by atoms with van der Waals surface area (Å²) in [6.45, 7) is 4.56. The molecule has 1 aromatic heterocycles. The zero-order valence-electron chi connectivity index (χ0n) is 9.97. The number of aliphatic hydroxyl groups excluding tert-OH is 1. The summed E-state index contributed by atoms with van der Waals surface area (Å²) in [7, 11) is 0. The molecule has 1 heterocycles. The van der Waals surface area contributed by atoms with Crippen molar-refractivity contribution in [3.05, 3.63) is 0 Å². The average molecular weight is 242 g/mol. The van der Waals surface area contributed by atoms with E-state index in [-0.39, 0.29) is 18.1 Å².